The van der Waals surface area contributed by atoms with Crippen molar-refractivity contribution in [1.82, 2.24) is 14.8 Å². The third kappa shape index (κ3) is 3.71. The van der Waals surface area contributed by atoms with E-state index in [0.29, 0.717) is 18.0 Å². The van der Waals surface area contributed by atoms with Gasteiger partial charge in [0.15, 0.2) is 10.9 Å². The molecular weight excluding hydrogens is 310 g/mol. The van der Waals surface area contributed by atoms with E-state index in [1.165, 1.54) is 0 Å². The van der Waals surface area contributed by atoms with Gasteiger partial charge >= 0.3 is 0 Å². The van der Waals surface area contributed by atoms with E-state index in [-0.39, 0.29) is 5.78 Å². The average Bonchev–Trinajstić information content (AvgIpc) is 3.21. The Balaban J connectivity index is 1.89. The third-order valence-corrected chi connectivity index (χ3v) is 4.31. The summed E-state index contributed by atoms with van der Waals surface area (Å²) in [6.07, 6.45) is 3.05. The summed E-state index contributed by atoms with van der Waals surface area (Å²) in [4.78, 5) is 11.0. The predicted octanol–water partition coefficient (Wildman–Crippen LogP) is 3.99. The number of carbonyl (C=O) groups is 1. The molecule has 0 aliphatic carbocycles. The number of ketones is 1. The zero-order valence-corrected chi connectivity index (χ0v) is 13.6. The van der Waals surface area contributed by atoms with Gasteiger partial charge in [0.25, 0.3) is 0 Å². The fraction of sp³-hybridized carbons (Fsp3) is 0.235. The zero-order valence-electron chi connectivity index (χ0n) is 12.8. The van der Waals surface area contributed by atoms with Crippen LogP contribution >= 0.6 is 11.8 Å². The van der Waals surface area contributed by atoms with Crippen LogP contribution in [0.1, 0.15) is 19.8 Å². The van der Waals surface area contributed by atoms with Crippen LogP contribution in [0.5, 0.6) is 0 Å². The van der Waals surface area contributed by atoms with Gasteiger partial charge in [-0.15, -0.1) is 10.2 Å². The van der Waals surface area contributed by atoms with E-state index in [0.717, 1.165) is 23.0 Å². The number of thioether (sulfide) groups is 1. The zero-order chi connectivity index (χ0) is 16.1. The third-order valence-electron chi connectivity index (χ3n) is 3.29. The van der Waals surface area contributed by atoms with Gasteiger partial charge in [0.1, 0.15) is 5.78 Å². The molecule has 0 N–H and O–H groups in total. The lowest BCUT2D eigenvalue weighted by Gasteiger charge is -2.08. The number of nitrogens with zero attached hydrogens (tertiary/aromatic N) is 3. The summed E-state index contributed by atoms with van der Waals surface area (Å²) in [5.41, 5.74) is 0.984. The Kier molecular flexibility index (Phi) is 4.92. The summed E-state index contributed by atoms with van der Waals surface area (Å²) in [5, 5.41) is 9.37. The van der Waals surface area contributed by atoms with Crippen LogP contribution in [0.25, 0.3) is 17.3 Å². The van der Waals surface area contributed by atoms with Gasteiger partial charge in [0.2, 0.25) is 5.82 Å². The molecule has 2 heterocycles. The second-order valence-corrected chi connectivity index (χ2v) is 6.17. The highest BCUT2D eigenvalue weighted by atomic mass is 32.2. The fourth-order valence-corrected chi connectivity index (χ4v) is 3.11. The summed E-state index contributed by atoms with van der Waals surface area (Å²) in [6, 6.07) is 13.6. The minimum absolute atomic E-state index is 0.214. The van der Waals surface area contributed by atoms with Crippen molar-refractivity contribution in [1.29, 1.82) is 0 Å². The highest BCUT2D eigenvalue weighted by Gasteiger charge is 2.17. The molecule has 0 aliphatic rings. The Morgan fingerprint density at radius 3 is 2.70 bits per heavy atom. The topological polar surface area (TPSA) is 60.9 Å². The number of furan rings is 1. The smallest absolute Gasteiger partial charge is 0.205 e. The Hall–Kier alpha value is -2.34. The summed E-state index contributed by atoms with van der Waals surface area (Å²) >= 11 is 1.60. The Morgan fingerprint density at radius 1 is 1.17 bits per heavy atom. The molecular formula is C17H17N3O2S. The molecule has 5 nitrogen and oxygen atoms in total. The van der Waals surface area contributed by atoms with E-state index in [1.54, 1.807) is 24.9 Å². The summed E-state index contributed by atoms with van der Waals surface area (Å²) < 4.78 is 7.46. The van der Waals surface area contributed by atoms with E-state index in [4.69, 9.17) is 4.42 Å². The van der Waals surface area contributed by atoms with Crippen LogP contribution in [0, 0.1) is 0 Å². The first-order valence-corrected chi connectivity index (χ1v) is 8.41. The second kappa shape index (κ2) is 7.28. The Morgan fingerprint density at radius 2 is 2.00 bits per heavy atom. The lowest BCUT2D eigenvalue weighted by Crippen LogP contribution is -1.99. The fourth-order valence-electron chi connectivity index (χ4n) is 2.22. The molecule has 0 amide bonds. The van der Waals surface area contributed by atoms with E-state index in [1.807, 2.05) is 47.0 Å². The van der Waals surface area contributed by atoms with Crippen molar-refractivity contribution in [3.05, 3.63) is 48.7 Å². The molecule has 6 heteroatoms. The van der Waals surface area contributed by atoms with Gasteiger partial charge in [-0.05, 0) is 37.6 Å². The molecule has 0 bridgehead atoms. The van der Waals surface area contributed by atoms with Crippen molar-refractivity contribution in [3.8, 4) is 17.3 Å². The molecule has 0 fully saturated rings. The molecule has 0 aliphatic heterocycles. The van der Waals surface area contributed by atoms with Gasteiger partial charge in [-0.2, -0.15) is 0 Å². The van der Waals surface area contributed by atoms with Crippen LogP contribution < -0.4 is 0 Å². The summed E-state index contributed by atoms with van der Waals surface area (Å²) in [7, 11) is 0. The van der Waals surface area contributed by atoms with E-state index >= 15 is 0 Å². The molecule has 0 unspecified atom stereocenters. The maximum atomic E-state index is 11.0. The number of Topliss-reactive ketones (excluding diaryl/α,β-unsaturated/α-hetero) is 1. The van der Waals surface area contributed by atoms with Crippen molar-refractivity contribution in [2.45, 2.75) is 24.9 Å². The van der Waals surface area contributed by atoms with Crippen LogP contribution in [-0.2, 0) is 4.79 Å². The molecule has 3 rings (SSSR count). The lowest BCUT2D eigenvalue weighted by molar-refractivity contribution is -0.117. The molecule has 118 valence electrons. The second-order valence-electron chi connectivity index (χ2n) is 5.11. The lowest BCUT2D eigenvalue weighted by atomic mass is 10.3. The van der Waals surface area contributed by atoms with Gasteiger partial charge in [0.05, 0.1) is 6.26 Å². The van der Waals surface area contributed by atoms with Crippen LogP contribution in [0.2, 0.25) is 0 Å². The van der Waals surface area contributed by atoms with E-state index in [9.17, 15) is 4.79 Å². The number of para-hydroxylation sites is 1. The molecule has 0 atom stereocenters. The molecule has 0 radical (unpaired) electrons. The van der Waals surface area contributed by atoms with Crippen LogP contribution in [0.4, 0.5) is 0 Å². The predicted molar refractivity (Wildman–Crippen MR) is 89.7 cm³/mol. The van der Waals surface area contributed by atoms with Crippen molar-refractivity contribution in [2.75, 3.05) is 5.75 Å². The average molecular weight is 327 g/mol. The van der Waals surface area contributed by atoms with Crippen molar-refractivity contribution >= 4 is 17.5 Å². The Bertz CT molecular complexity index is 767. The molecule has 1 aromatic carbocycles. The quantitative estimate of drug-likeness (QED) is 0.485. The van der Waals surface area contributed by atoms with Crippen LogP contribution in [0.15, 0.2) is 58.3 Å². The first kappa shape index (κ1) is 15.6. The largest absolute Gasteiger partial charge is 0.461 e. The van der Waals surface area contributed by atoms with E-state index < -0.39 is 0 Å². The van der Waals surface area contributed by atoms with Crippen molar-refractivity contribution < 1.29 is 9.21 Å². The minimum atomic E-state index is 0.214. The SMILES string of the molecule is CC(=O)CCCSc1nnc(-c2ccco2)n1-c1ccccc1. The number of benzene rings is 1. The van der Waals surface area contributed by atoms with Gasteiger partial charge in [-0.3, -0.25) is 4.57 Å². The van der Waals surface area contributed by atoms with Crippen LogP contribution in [0.3, 0.4) is 0 Å². The number of rotatable bonds is 7. The number of hydrogen-bond donors (Lipinski definition) is 0. The maximum Gasteiger partial charge on any atom is 0.205 e. The number of carbonyl (C=O) groups excluding carboxylic acids is 1. The van der Waals surface area contributed by atoms with Crippen molar-refractivity contribution in [2.24, 2.45) is 0 Å². The normalized spacial score (nSPS) is 10.8. The first-order valence-electron chi connectivity index (χ1n) is 7.42. The van der Waals surface area contributed by atoms with Gasteiger partial charge < -0.3 is 9.21 Å². The molecule has 0 saturated heterocycles. The highest BCUT2D eigenvalue weighted by molar-refractivity contribution is 7.99. The number of aromatic nitrogens is 3. The van der Waals surface area contributed by atoms with E-state index in [2.05, 4.69) is 10.2 Å². The standard InChI is InChI=1S/C17H17N3O2S/c1-13(21)7-6-12-23-17-19-18-16(15-10-5-11-22-15)20(17)14-8-3-2-4-9-14/h2-5,8-11H,6-7,12H2,1H3. The highest BCUT2D eigenvalue weighted by Crippen LogP contribution is 2.28. The maximum absolute atomic E-state index is 11.0. The minimum Gasteiger partial charge on any atom is -0.461 e. The van der Waals surface area contributed by atoms with Gasteiger partial charge in [0, 0.05) is 17.9 Å². The van der Waals surface area contributed by atoms with Gasteiger partial charge in [-0.1, -0.05) is 30.0 Å². The molecule has 3 aromatic rings. The molecule has 0 saturated carbocycles. The van der Waals surface area contributed by atoms with Crippen LogP contribution in [-0.4, -0.2) is 26.3 Å². The summed E-state index contributed by atoms with van der Waals surface area (Å²) in [6.45, 7) is 1.62. The number of hydrogen-bond acceptors (Lipinski definition) is 5. The van der Waals surface area contributed by atoms with Gasteiger partial charge in [-0.25, -0.2) is 0 Å². The first-order chi connectivity index (χ1) is 11.3. The molecule has 2 aromatic heterocycles. The Labute approximate surface area is 138 Å². The molecule has 23 heavy (non-hydrogen) atoms. The monoisotopic (exact) mass is 327 g/mol. The van der Waals surface area contributed by atoms with Crippen molar-refractivity contribution in [3.63, 3.8) is 0 Å². The molecule has 0 spiro atoms. The summed E-state index contributed by atoms with van der Waals surface area (Å²) in [5.74, 6) is 2.39.